The number of rotatable bonds is 9. The lowest BCUT2D eigenvalue weighted by molar-refractivity contribution is -0.0591. The van der Waals surface area contributed by atoms with Crippen LogP contribution in [0.1, 0.15) is 28.3 Å². The molecule has 1 atom stereocenters. The van der Waals surface area contributed by atoms with Crippen LogP contribution in [-0.4, -0.2) is 62.3 Å². The molecule has 4 aromatic rings. The fourth-order valence-corrected chi connectivity index (χ4v) is 4.92. The van der Waals surface area contributed by atoms with Gasteiger partial charge in [-0.25, -0.2) is 33.2 Å². The van der Waals surface area contributed by atoms with Gasteiger partial charge in [-0.3, -0.25) is 4.90 Å². The van der Waals surface area contributed by atoms with Crippen molar-refractivity contribution >= 4 is 34.5 Å². The van der Waals surface area contributed by atoms with E-state index in [-0.39, 0.29) is 53.8 Å². The highest BCUT2D eigenvalue weighted by molar-refractivity contribution is 5.94. The summed E-state index contributed by atoms with van der Waals surface area (Å²) < 4.78 is 41.7. The lowest BCUT2D eigenvalue weighted by atomic mass is 10.1. The van der Waals surface area contributed by atoms with E-state index in [9.17, 15) is 23.5 Å². The zero-order valence-electron chi connectivity index (χ0n) is 22.2. The van der Waals surface area contributed by atoms with Crippen molar-refractivity contribution < 1.29 is 33.0 Å². The van der Waals surface area contributed by atoms with Crippen LogP contribution in [0.25, 0.3) is 15.9 Å². The van der Waals surface area contributed by atoms with Gasteiger partial charge in [0, 0.05) is 19.7 Å². The van der Waals surface area contributed by atoms with Crippen LogP contribution >= 0.6 is 0 Å². The summed E-state index contributed by atoms with van der Waals surface area (Å²) in [5.74, 6) is -1.81. The number of carbonyl (C=O) groups excluding carboxylic acids is 1. The lowest BCUT2D eigenvalue weighted by Gasteiger charge is -2.28. The van der Waals surface area contributed by atoms with E-state index >= 15 is 0 Å². The number of pyridine rings is 1. The third kappa shape index (κ3) is 5.19. The molecular weight excluding hydrogens is 550 g/mol. The molecule has 6 rings (SSSR count). The number of amides is 2. The van der Waals surface area contributed by atoms with Crippen molar-refractivity contribution in [3.05, 3.63) is 88.7 Å². The fourth-order valence-electron chi connectivity index (χ4n) is 4.92. The van der Waals surface area contributed by atoms with Gasteiger partial charge in [0.25, 0.3) is 0 Å². The third-order valence-corrected chi connectivity index (χ3v) is 7.27. The van der Waals surface area contributed by atoms with Gasteiger partial charge in [0.15, 0.2) is 17.3 Å². The van der Waals surface area contributed by atoms with Gasteiger partial charge in [0.05, 0.1) is 42.4 Å². The highest BCUT2D eigenvalue weighted by atomic mass is 19.1. The van der Waals surface area contributed by atoms with Crippen molar-refractivity contribution in [1.29, 1.82) is 0 Å². The number of aromatic nitrogens is 3. The van der Waals surface area contributed by atoms with Gasteiger partial charge < -0.3 is 24.0 Å². The van der Waals surface area contributed by atoms with E-state index in [1.165, 1.54) is 35.2 Å². The highest BCUT2D eigenvalue weighted by Crippen LogP contribution is 2.27. The summed E-state index contributed by atoms with van der Waals surface area (Å²) in [5, 5.41) is 9.47. The van der Waals surface area contributed by atoms with Crippen LogP contribution in [0.15, 0.2) is 48.5 Å². The minimum Gasteiger partial charge on any atom is -0.484 e. The van der Waals surface area contributed by atoms with E-state index in [0.29, 0.717) is 43.1 Å². The molecule has 11 nitrogen and oxygen atoms in total. The third-order valence-electron chi connectivity index (χ3n) is 7.27. The Bertz CT molecular complexity index is 1750. The molecule has 2 aromatic carbocycles. The van der Waals surface area contributed by atoms with Gasteiger partial charge in [-0.05, 0) is 48.9 Å². The standard InChI is InChI=1S/C29H24F2N6O5/c1-32-18-3-6-25(21(31)13-18)42-16-23-20(30)4-7-26(34-23)36-10-9-35(29(36)40)15-27-33-22-5-2-17(28(38)39)12-24(22)37(27)14-19-8-11-41-19/h2-7,12-13,19H,8-11,14-16H2,(H,38,39)/t19-/m0/s1. The van der Waals surface area contributed by atoms with Crippen molar-refractivity contribution in [3.63, 3.8) is 0 Å². The number of aromatic carboxylic acids is 1. The van der Waals surface area contributed by atoms with E-state index in [1.807, 2.05) is 4.57 Å². The Morgan fingerprint density at radius 1 is 1.12 bits per heavy atom. The topological polar surface area (TPSA) is 114 Å². The smallest absolute Gasteiger partial charge is 0.335 e. The average molecular weight is 575 g/mol. The second-order valence-electron chi connectivity index (χ2n) is 9.90. The summed E-state index contributed by atoms with van der Waals surface area (Å²) in [5.41, 5.74) is 1.40. The van der Waals surface area contributed by atoms with Crippen LogP contribution in [0.3, 0.4) is 0 Å². The maximum atomic E-state index is 14.6. The first-order valence-corrected chi connectivity index (χ1v) is 13.2. The lowest BCUT2D eigenvalue weighted by Crippen LogP contribution is -2.34. The first kappa shape index (κ1) is 27.1. The molecule has 0 bridgehead atoms. The molecule has 13 heteroatoms. The van der Waals surface area contributed by atoms with Crippen LogP contribution in [0.2, 0.25) is 0 Å². The molecule has 2 amide bonds. The molecule has 1 N–H and O–H groups in total. The maximum absolute atomic E-state index is 14.6. The SMILES string of the molecule is [C-]#[N+]c1ccc(OCc2nc(N3CCN(Cc4nc5ccc(C(=O)O)cc5n4C[C@@H]4CCO4)C3=O)ccc2F)c(F)c1. The molecular formula is C29H24F2N6O5. The maximum Gasteiger partial charge on any atom is 0.335 e. The predicted octanol–water partition coefficient (Wildman–Crippen LogP) is 4.77. The first-order chi connectivity index (χ1) is 20.3. The second-order valence-corrected chi connectivity index (χ2v) is 9.90. The number of benzene rings is 2. The summed E-state index contributed by atoms with van der Waals surface area (Å²) in [6, 6.07) is 10.6. The molecule has 2 aromatic heterocycles. The number of anilines is 1. The van der Waals surface area contributed by atoms with E-state index in [1.54, 1.807) is 17.0 Å². The number of carboxylic acids is 1. The van der Waals surface area contributed by atoms with Gasteiger partial charge in [-0.2, -0.15) is 0 Å². The molecule has 2 aliphatic rings. The number of imidazole rings is 1. The molecule has 0 radical (unpaired) electrons. The monoisotopic (exact) mass is 574 g/mol. The molecule has 2 saturated heterocycles. The zero-order valence-corrected chi connectivity index (χ0v) is 22.2. The number of carboxylic acid groups (broad SMARTS) is 1. The summed E-state index contributed by atoms with van der Waals surface area (Å²) in [6.07, 6.45) is 0.846. The van der Waals surface area contributed by atoms with Gasteiger partial charge >= 0.3 is 12.0 Å². The molecule has 4 heterocycles. The first-order valence-electron chi connectivity index (χ1n) is 13.2. The van der Waals surface area contributed by atoms with E-state index < -0.39 is 17.6 Å². The van der Waals surface area contributed by atoms with Gasteiger partial charge in [-0.15, -0.1) is 0 Å². The van der Waals surface area contributed by atoms with Crippen molar-refractivity contribution in [2.45, 2.75) is 32.2 Å². The van der Waals surface area contributed by atoms with Crippen molar-refractivity contribution in [2.75, 3.05) is 24.6 Å². The van der Waals surface area contributed by atoms with Crippen molar-refractivity contribution in [3.8, 4) is 5.75 Å². The summed E-state index contributed by atoms with van der Waals surface area (Å²) in [4.78, 5) is 40.1. The quantitative estimate of drug-likeness (QED) is 0.287. The Morgan fingerprint density at radius 2 is 1.95 bits per heavy atom. The summed E-state index contributed by atoms with van der Waals surface area (Å²) in [6.45, 7) is 8.52. The van der Waals surface area contributed by atoms with Crippen LogP contribution in [0.5, 0.6) is 5.75 Å². The van der Waals surface area contributed by atoms with Crippen LogP contribution < -0.4 is 9.64 Å². The van der Waals surface area contributed by atoms with Crippen molar-refractivity contribution in [2.24, 2.45) is 0 Å². The Labute approximate surface area is 238 Å². The Hall–Kier alpha value is -5.09. The predicted molar refractivity (Wildman–Crippen MR) is 145 cm³/mol. The van der Waals surface area contributed by atoms with Gasteiger partial charge in [0.1, 0.15) is 29.8 Å². The van der Waals surface area contributed by atoms with Crippen molar-refractivity contribution in [1.82, 2.24) is 19.4 Å². The molecule has 0 spiro atoms. The van der Waals surface area contributed by atoms with E-state index in [4.69, 9.17) is 21.0 Å². The van der Waals surface area contributed by atoms with E-state index in [2.05, 4.69) is 9.83 Å². The highest BCUT2D eigenvalue weighted by Gasteiger charge is 2.33. The van der Waals surface area contributed by atoms with E-state index in [0.717, 1.165) is 12.5 Å². The molecule has 0 aliphatic carbocycles. The molecule has 2 fully saturated rings. The number of fused-ring (bicyclic) bond motifs is 1. The largest absolute Gasteiger partial charge is 0.484 e. The number of carbonyl (C=O) groups is 2. The molecule has 2 aliphatic heterocycles. The molecule has 214 valence electrons. The number of hydrogen-bond acceptors (Lipinski definition) is 6. The van der Waals surface area contributed by atoms with Crippen LogP contribution in [0, 0.1) is 18.2 Å². The van der Waals surface area contributed by atoms with Gasteiger partial charge in [-0.1, -0.05) is 6.07 Å². The second kappa shape index (κ2) is 11.1. The fraction of sp³-hybridized carbons (Fsp3) is 0.276. The Balaban J connectivity index is 1.20. The van der Waals surface area contributed by atoms with Gasteiger partial charge in [0.2, 0.25) is 0 Å². The number of hydrogen-bond donors (Lipinski definition) is 1. The number of ether oxygens (including phenoxy) is 2. The summed E-state index contributed by atoms with van der Waals surface area (Å²) in [7, 11) is 0. The number of halogens is 2. The minimum absolute atomic E-state index is 0.0245. The molecule has 0 saturated carbocycles. The number of urea groups is 1. The Kier molecular flexibility index (Phi) is 7.13. The van der Waals surface area contributed by atoms with Crippen LogP contribution in [0.4, 0.5) is 25.1 Å². The number of nitrogens with zero attached hydrogens (tertiary/aromatic N) is 6. The van der Waals surface area contributed by atoms with Crippen LogP contribution in [-0.2, 0) is 24.4 Å². The normalized spacial score (nSPS) is 16.5. The average Bonchev–Trinajstić information content (AvgIpc) is 3.49. The molecule has 0 unspecified atom stereocenters. The summed E-state index contributed by atoms with van der Waals surface area (Å²) >= 11 is 0. The zero-order chi connectivity index (χ0) is 29.4. The molecule has 42 heavy (non-hydrogen) atoms. The minimum atomic E-state index is -1.05. The Morgan fingerprint density at radius 3 is 2.67 bits per heavy atom.